The zero-order valence-corrected chi connectivity index (χ0v) is 30.7. The van der Waals surface area contributed by atoms with Gasteiger partial charge in [0.1, 0.15) is 0 Å². The molecule has 3 nitrogen and oxygen atoms in total. The lowest BCUT2D eigenvalue weighted by molar-refractivity contribution is 0.914. The van der Waals surface area contributed by atoms with Gasteiger partial charge < -0.3 is 14.9 Å². The summed E-state index contributed by atoms with van der Waals surface area (Å²) in [5, 5.41) is 12.5. The summed E-state index contributed by atoms with van der Waals surface area (Å²) in [6.07, 6.45) is 6.66. The third kappa shape index (κ3) is 4.88. The van der Waals surface area contributed by atoms with Crippen LogP contribution in [0.15, 0.2) is 200 Å². The second-order valence-corrected chi connectivity index (χ2v) is 14.6. The lowest BCUT2D eigenvalue weighted by atomic mass is 9.89. The molecule has 0 radical (unpaired) electrons. The van der Waals surface area contributed by atoms with Crippen molar-refractivity contribution < 1.29 is 0 Å². The highest BCUT2D eigenvalue weighted by molar-refractivity contribution is 6.45. The first-order valence-electron chi connectivity index (χ1n) is 19.3. The zero-order chi connectivity index (χ0) is 37.2. The highest BCUT2D eigenvalue weighted by Gasteiger charge is 2.24. The van der Waals surface area contributed by atoms with Crippen molar-refractivity contribution in [3.05, 3.63) is 211 Å². The van der Waals surface area contributed by atoms with Crippen LogP contribution in [0, 0.1) is 0 Å². The van der Waals surface area contributed by atoms with E-state index in [4.69, 9.17) is 5.73 Å². The molecule has 1 atom stereocenters. The Morgan fingerprint density at radius 3 is 1.54 bits per heavy atom. The summed E-state index contributed by atoms with van der Waals surface area (Å²) in [5.41, 5.74) is 16.1. The average molecular weight is 716 g/mol. The van der Waals surface area contributed by atoms with Gasteiger partial charge in [0.05, 0.1) is 22.1 Å². The average Bonchev–Trinajstić information content (AvgIpc) is 3.79. The molecule has 0 aliphatic heterocycles. The van der Waals surface area contributed by atoms with Crippen LogP contribution in [0.4, 0.5) is 0 Å². The highest BCUT2D eigenvalue weighted by atomic mass is 15.0. The molecule has 56 heavy (non-hydrogen) atoms. The van der Waals surface area contributed by atoms with Crippen LogP contribution in [0.5, 0.6) is 0 Å². The first kappa shape index (κ1) is 32.2. The molecular formula is C53H37N3. The molecule has 11 rings (SSSR count). The molecule has 264 valence electrons. The number of rotatable bonds is 6. The number of nitrogens with zero attached hydrogens (tertiary/aromatic N) is 2. The molecule has 2 N–H and O–H groups in total. The van der Waals surface area contributed by atoms with Gasteiger partial charge >= 0.3 is 0 Å². The van der Waals surface area contributed by atoms with Crippen molar-refractivity contribution in [2.24, 2.45) is 5.73 Å². The topological polar surface area (TPSA) is 35.9 Å². The molecule has 9 aromatic carbocycles. The van der Waals surface area contributed by atoms with Gasteiger partial charge in [-0.05, 0) is 57.8 Å². The fraction of sp³-hybridized carbons (Fsp3) is 0.0189. The normalized spacial score (nSPS) is 13.1. The van der Waals surface area contributed by atoms with Crippen LogP contribution < -0.4 is 5.73 Å². The molecule has 2 aromatic heterocycles. The Bertz CT molecular complexity index is 3350. The quantitative estimate of drug-likeness (QED) is 0.135. The fourth-order valence-corrected chi connectivity index (χ4v) is 9.13. The summed E-state index contributed by atoms with van der Waals surface area (Å²) in [6, 6.07) is 67.2. The van der Waals surface area contributed by atoms with Crippen LogP contribution >= 0.6 is 0 Å². The van der Waals surface area contributed by atoms with Gasteiger partial charge in [0.2, 0.25) is 0 Å². The molecule has 3 heteroatoms. The van der Waals surface area contributed by atoms with E-state index < -0.39 is 0 Å². The summed E-state index contributed by atoms with van der Waals surface area (Å²) in [4.78, 5) is 0. The lowest BCUT2D eigenvalue weighted by Gasteiger charge is -2.16. The molecule has 1 unspecified atom stereocenters. The first-order chi connectivity index (χ1) is 27.8. The predicted molar refractivity (Wildman–Crippen MR) is 239 cm³/mol. The maximum atomic E-state index is 6.86. The number of fused-ring (bicyclic) bond motifs is 15. The van der Waals surface area contributed by atoms with Crippen LogP contribution in [-0.2, 0) is 0 Å². The second-order valence-electron chi connectivity index (χ2n) is 14.6. The second kappa shape index (κ2) is 13.0. The number of hydrogen-bond acceptors (Lipinski definition) is 1. The van der Waals surface area contributed by atoms with Gasteiger partial charge in [0, 0.05) is 61.0 Å². The van der Waals surface area contributed by atoms with Gasteiger partial charge in [-0.3, -0.25) is 0 Å². The summed E-state index contributed by atoms with van der Waals surface area (Å²) >= 11 is 0. The van der Waals surface area contributed by atoms with Crippen molar-refractivity contribution in [1.29, 1.82) is 0 Å². The van der Waals surface area contributed by atoms with Crippen molar-refractivity contribution in [3.8, 4) is 5.69 Å². The number of nitrogens with two attached hydrogens (primary N) is 1. The van der Waals surface area contributed by atoms with Crippen LogP contribution in [0.3, 0.4) is 0 Å². The van der Waals surface area contributed by atoms with Crippen molar-refractivity contribution in [2.45, 2.75) is 6.04 Å². The Hall–Kier alpha value is -7.20. The monoisotopic (exact) mass is 715 g/mol. The van der Waals surface area contributed by atoms with E-state index in [1.54, 1.807) is 0 Å². The van der Waals surface area contributed by atoms with E-state index in [0.717, 1.165) is 27.9 Å². The molecule has 11 aromatic rings. The number of allylic oxidation sites excluding steroid dienone is 2. The van der Waals surface area contributed by atoms with E-state index in [2.05, 4.69) is 197 Å². The van der Waals surface area contributed by atoms with Gasteiger partial charge in [-0.15, -0.1) is 0 Å². The van der Waals surface area contributed by atoms with Gasteiger partial charge in [-0.1, -0.05) is 170 Å². The van der Waals surface area contributed by atoms with Crippen molar-refractivity contribution in [1.82, 2.24) is 9.13 Å². The Kier molecular flexibility index (Phi) is 7.48. The summed E-state index contributed by atoms with van der Waals surface area (Å²) < 4.78 is 4.87. The largest absolute Gasteiger partial charge is 0.321 e. The van der Waals surface area contributed by atoms with Crippen LogP contribution in [0.25, 0.3) is 93.4 Å². The summed E-state index contributed by atoms with van der Waals surface area (Å²) in [7, 11) is 0. The minimum atomic E-state index is -0.259. The van der Waals surface area contributed by atoms with E-state index in [1.807, 2.05) is 18.2 Å². The van der Waals surface area contributed by atoms with E-state index >= 15 is 0 Å². The molecular weight excluding hydrogens is 679 g/mol. The summed E-state index contributed by atoms with van der Waals surface area (Å²) in [5.74, 6) is 0. The molecule has 0 bridgehead atoms. The molecule has 0 aliphatic carbocycles. The molecule has 0 saturated heterocycles. The smallest absolute Gasteiger partial charge is 0.0626 e. The maximum absolute atomic E-state index is 6.86. The van der Waals surface area contributed by atoms with Gasteiger partial charge in [0.25, 0.3) is 0 Å². The van der Waals surface area contributed by atoms with Crippen LogP contribution in [0.2, 0.25) is 0 Å². The Balaban J connectivity index is 1.30. The van der Waals surface area contributed by atoms with Gasteiger partial charge in [-0.2, -0.15) is 0 Å². The van der Waals surface area contributed by atoms with Crippen LogP contribution in [0.1, 0.15) is 17.2 Å². The third-order valence-electron chi connectivity index (χ3n) is 11.5. The SMILES string of the molecule is NC(/C=C(\C=C\n1c2ccccc2c2c3c4ccccc4c4c(c5ccccc5n4-c4ccccc4)c3c3ccccc3c21)c1ccccc1)c1ccccc1. The first-order valence-corrected chi connectivity index (χ1v) is 19.3. The van der Waals surface area contributed by atoms with E-state index in [-0.39, 0.29) is 6.04 Å². The van der Waals surface area contributed by atoms with E-state index in [9.17, 15) is 0 Å². The van der Waals surface area contributed by atoms with Gasteiger partial charge in [0.15, 0.2) is 0 Å². The molecule has 0 saturated carbocycles. The van der Waals surface area contributed by atoms with Crippen molar-refractivity contribution in [2.75, 3.05) is 0 Å². The highest BCUT2D eigenvalue weighted by Crippen LogP contribution is 2.50. The molecule has 2 heterocycles. The van der Waals surface area contributed by atoms with Gasteiger partial charge in [-0.25, -0.2) is 0 Å². The fourth-order valence-electron chi connectivity index (χ4n) is 9.13. The number of hydrogen-bond donors (Lipinski definition) is 1. The maximum Gasteiger partial charge on any atom is 0.0626 e. The minimum Gasteiger partial charge on any atom is -0.321 e. The lowest BCUT2D eigenvalue weighted by Crippen LogP contribution is -2.07. The zero-order valence-electron chi connectivity index (χ0n) is 30.7. The van der Waals surface area contributed by atoms with E-state index in [0.29, 0.717) is 0 Å². The van der Waals surface area contributed by atoms with Crippen LogP contribution in [-0.4, -0.2) is 9.13 Å². The Morgan fingerprint density at radius 1 is 0.429 bits per heavy atom. The Labute approximate surface area is 324 Å². The molecule has 0 aliphatic rings. The summed E-state index contributed by atoms with van der Waals surface area (Å²) in [6.45, 7) is 0. The number of benzene rings is 9. The minimum absolute atomic E-state index is 0.259. The molecule has 0 spiro atoms. The standard InChI is InChI=1S/C53H37N3/c54-45(36-20-6-2-7-21-36)34-37(35-18-4-1-5-19-35)32-33-55-46-30-16-14-28-43(46)50-48-40-25-11-13-27-42(40)53-51(49(48)39-24-10-12-26-41(39)52(50)55)44-29-15-17-31-47(44)56(53)38-22-8-3-9-23-38/h1-34,45H,54H2/b33-32+,37-34+. The Morgan fingerprint density at radius 2 is 0.893 bits per heavy atom. The van der Waals surface area contributed by atoms with Crippen molar-refractivity contribution in [3.63, 3.8) is 0 Å². The molecule has 0 fully saturated rings. The number of aromatic nitrogens is 2. The van der Waals surface area contributed by atoms with E-state index in [1.165, 1.54) is 70.4 Å². The molecule has 0 amide bonds. The number of para-hydroxylation sites is 3. The van der Waals surface area contributed by atoms with Crippen molar-refractivity contribution >= 4 is 87.7 Å². The predicted octanol–water partition coefficient (Wildman–Crippen LogP) is 13.6. The third-order valence-corrected chi connectivity index (χ3v) is 11.5.